The summed E-state index contributed by atoms with van der Waals surface area (Å²) in [6.45, 7) is 2.91. The van der Waals surface area contributed by atoms with Crippen molar-refractivity contribution in [1.29, 1.82) is 0 Å². The van der Waals surface area contributed by atoms with Crippen LogP contribution in [0.4, 0.5) is 0 Å². The number of morpholine rings is 1. The first-order valence-corrected chi connectivity index (χ1v) is 7.24. The number of amides is 1. The molecule has 5 heteroatoms. The largest absolute Gasteiger partial charge is 0.479 e. The van der Waals surface area contributed by atoms with E-state index in [0.717, 1.165) is 24.0 Å². The van der Waals surface area contributed by atoms with Crippen LogP contribution in [0.25, 0.3) is 0 Å². The van der Waals surface area contributed by atoms with Crippen molar-refractivity contribution in [3.8, 4) is 0 Å². The third-order valence-corrected chi connectivity index (χ3v) is 4.45. The van der Waals surface area contributed by atoms with Gasteiger partial charge in [0.1, 0.15) is 0 Å². The van der Waals surface area contributed by atoms with Crippen molar-refractivity contribution >= 4 is 11.9 Å². The normalized spacial score (nSPS) is 23.7. The molecule has 21 heavy (non-hydrogen) atoms. The molecule has 1 saturated carbocycles. The van der Waals surface area contributed by atoms with Gasteiger partial charge in [-0.2, -0.15) is 0 Å². The van der Waals surface area contributed by atoms with Gasteiger partial charge in [-0.15, -0.1) is 0 Å². The first kappa shape index (κ1) is 14.1. The number of ether oxygens (including phenoxy) is 1. The summed E-state index contributed by atoms with van der Waals surface area (Å²) >= 11 is 0. The Morgan fingerprint density at radius 1 is 1.33 bits per heavy atom. The zero-order chi connectivity index (χ0) is 15.0. The van der Waals surface area contributed by atoms with Gasteiger partial charge in [-0.05, 0) is 30.9 Å². The van der Waals surface area contributed by atoms with Gasteiger partial charge in [0.05, 0.1) is 18.6 Å². The van der Waals surface area contributed by atoms with Crippen LogP contribution in [0, 0.1) is 6.92 Å². The van der Waals surface area contributed by atoms with Crippen molar-refractivity contribution in [1.82, 2.24) is 4.90 Å². The van der Waals surface area contributed by atoms with Crippen molar-refractivity contribution < 1.29 is 19.4 Å². The summed E-state index contributed by atoms with van der Waals surface area (Å²) < 4.78 is 5.19. The Balaban J connectivity index is 1.82. The van der Waals surface area contributed by atoms with Crippen molar-refractivity contribution in [2.24, 2.45) is 0 Å². The molecule has 1 aromatic rings. The van der Waals surface area contributed by atoms with E-state index in [1.807, 2.05) is 31.2 Å². The number of carboxylic acid groups (broad SMARTS) is 1. The molecule has 1 saturated heterocycles. The Kier molecular flexibility index (Phi) is 3.45. The van der Waals surface area contributed by atoms with Crippen LogP contribution in [0.2, 0.25) is 0 Å². The average Bonchev–Trinajstić information content (AvgIpc) is 3.28. The van der Waals surface area contributed by atoms with Crippen LogP contribution in [-0.2, 0) is 19.7 Å². The fourth-order valence-electron chi connectivity index (χ4n) is 3.12. The Hall–Kier alpha value is -1.88. The maximum Gasteiger partial charge on any atom is 0.334 e. The molecule has 2 fully saturated rings. The molecule has 1 heterocycles. The van der Waals surface area contributed by atoms with Crippen molar-refractivity contribution in [2.45, 2.75) is 31.3 Å². The van der Waals surface area contributed by atoms with E-state index in [2.05, 4.69) is 0 Å². The van der Waals surface area contributed by atoms with Gasteiger partial charge in [0.2, 0.25) is 5.91 Å². The highest BCUT2D eigenvalue weighted by atomic mass is 16.5. The van der Waals surface area contributed by atoms with E-state index in [9.17, 15) is 9.59 Å². The number of rotatable bonds is 3. The monoisotopic (exact) mass is 289 g/mol. The second kappa shape index (κ2) is 5.15. The molecule has 1 aromatic carbocycles. The topological polar surface area (TPSA) is 66.8 Å². The number of hydrogen-bond donors (Lipinski definition) is 1. The lowest BCUT2D eigenvalue weighted by Gasteiger charge is -2.34. The highest BCUT2D eigenvalue weighted by molar-refractivity contribution is 5.92. The molecule has 0 spiro atoms. The molecular weight excluding hydrogens is 270 g/mol. The minimum Gasteiger partial charge on any atom is -0.479 e. The zero-order valence-corrected chi connectivity index (χ0v) is 12.0. The van der Waals surface area contributed by atoms with Crippen molar-refractivity contribution in [3.05, 3.63) is 35.4 Å². The van der Waals surface area contributed by atoms with Crippen LogP contribution in [0.5, 0.6) is 0 Å². The molecule has 0 unspecified atom stereocenters. The summed E-state index contributed by atoms with van der Waals surface area (Å²) in [6, 6.07) is 7.95. The van der Waals surface area contributed by atoms with Gasteiger partial charge in [0, 0.05) is 6.54 Å². The summed E-state index contributed by atoms with van der Waals surface area (Å²) in [6.07, 6.45) is 0.771. The maximum atomic E-state index is 12.9. The minimum absolute atomic E-state index is 0.0475. The molecule has 0 radical (unpaired) electrons. The van der Waals surface area contributed by atoms with E-state index >= 15 is 0 Å². The molecule has 1 atom stereocenters. The van der Waals surface area contributed by atoms with E-state index in [1.165, 1.54) is 0 Å². The number of carbonyl (C=O) groups is 2. The first-order valence-electron chi connectivity index (χ1n) is 7.24. The van der Waals surface area contributed by atoms with E-state index in [4.69, 9.17) is 9.84 Å². The van der Waals surface area contributed by atoms with Crippen LogP contribution in [0.15, 0.2) is 24.3 Å². The zero-order valence-electron chi connectivity index (χ0n) is 12.0. The lowest BCUT2D eigenvalue weighted by molar-refractivity contribution is -0.160. The fraction of sp³-hybridized carbons (Fsp3) is 0.500. The van der Waals surface area contributed by atoms with Gasteiger partial charge < -0.3 is 14.7 Å². The molecule has 1 amide bonds. The molecule has 1 aliphatic heterocycles. The predicted molar refractivity (Wildman–Crippen MR) is 76.0 cm³/mol. The standard InChI is InChI=1S/C16H19NO4/c1-11-4-2-3-5-12(11)16(6-7-16)15(20)17-8-9-21-13(10-17)14(18)19/h2-5,13H,6-10H2,1H3,(H,18,19)/t13-/m0/s1. The fourth-order valence-corrected chi connectivity index (χ4v) is 3.12. The highest BCUT2D eigenvalue weighted by Crippen LogP contribution is 2.50. The Labute approximate surface area is 123 Å². The average molecular weight is 289 g/mol. The molecule has 5 nitrogen and oxygen atoms in total. The molecule has 1 aliphatic carbocycles. The third-order valence-electron chi connectivity index (χ3n) is 4.45. The second-order valence-corrected chi connectivity index (χ2v) is 5.85. The molecular formula is C16H19NO4. The lowest BCUT2D eigenvalue weighted by Crippen LogP contribution is -2.51. The van der Waals surface area contributed by atoms with Crippen LogP contribution >= 0.6 is 0 Å². The number of carbonyl (C=O) groups excluding carboxylic acids is 1. The second-order valence-electron chi connectivity index (χ2n) is 5.85. The maximum absolute atomic E-state index is 12.9. The Morgan fingerprint density at radius 3 is 2.67 bits per heavy atom. The van der Waals surface area contributed by atoms with Gasteiger partial charge in [0.15, 0.2) is 6.10 Å². The Bertz CT molecular complexity index is 579. The summed E-state index contributed by atoms with van der Waals surface area (Å²) in [5.41, 5.74) is 1.76. The SMILES string of the molecule is Cc1ccccc1C1(C(=O)N2CCO[C@H](C(=O)O)C2)CC1. The smallest absolute Gasteiger partial charge is 0.334 e. The van der Waals surface area contributed by atoms with E-state index < -0.39 is 17.5 Å². The number of nitrogens with zero attached hydrogens (tertiary/aromatic N) is 1. The lowest BCUT2D eigenvalue weighted by atomic mass is 9.90. The Morgan fingerprint density at radius 2 is 2.05 bits per heavy atom. The molecule has 1 N–H and O–H groups in total. The number of benzene rings is 1. The van der Waals surface area contributed by atoms with Crippen molar-refractivity contribution in [3.63, 3.8) is 0 Å². The molecule has 0 bridgehead atoms. The van der Waals surface area contributed by atoms with Crippen LogP contribution in [-0.4, -0.2) is 47.7 Å². The van der Waals surface area contributed by atoms with Gasteiger partial charge >= 0.3 is 5.97 Å². The van der Waals surface area contributed by atoms with Crippen LogP contribution in [0.3, 0.4) is 0 Å². The number of aliphatic carboxylic acids is 1. The number of carboxylic acids is 1. The quantitative estimate of drug-likeness (QED) is 0.912. The van der Waals surface area contributed by atoms with Gasteiger partial charge in [-0.3, -0.25) is 4.79 Å². The molecule has 0 aromatic heterocycles. The number of aryl methyl sites for hydroxylation is 1. The van der Waals surface area contributed by atoms with E-state index in [1.54, 1.807) is 4.90 Å². The summed E-state index contributed by atoms with van der Waals surface area (Å²) in [7, 11) is 0. The number of hydrogen-bond acceptors (Lipinski definition) is 3. The summed E-state index contributed by atoms with van der Waals surface area (Å²) in [5, 5.41) is 9.05. The summed E-state index contributed by atoms with van der Waals surface area (Å²) in [5.74, 6) is -0.959. The molecule has 3 rings (SSSR count). The van der Waals surface area contributed by atoms with Crippen LogP contribution in [0.1, 0.15) is 24.0 Å². The first-order chi connectivity index (χ1) is 10.0. The van der Waals surface area contributed by atoms with Gasteiger partial charge in [0.25, 0.3) is 0 Å². The molecule has 2 aliphatic rings. The van der Waals surface area contributed by atoms with Gasteiger partial charge in [-0.25, -0.2) is 4.79 Å². The van der Waals surface area contributed by atoms with Crippen LogP contribution < -0.4 is 0 Å². The molecule has 112 valence electrons. The third kappa shape index (κ3) is 2.42. The predicted octanol–water partition coefficient (Wildman–Crippen LogP) is 1.34. The minimum atomic E-state index is -1.01. The summed E-state index contributed by atoms with van der Waals surface area (Å²) in [4.78, 5) is 25.6. The highest BCUT2D eigenvalue weighted by Gasteiger charge is 2.54. The van der Waals surface area contributed by atoms with Gasteiger partial charge in [-0.1, -0.05) is 24.3 Å². The van der Waals surface area contributed by atoms with E-state index in [0.29, 0.717) is 6.54 Å². The van der Waals surface area contributed by atoms with Crippen molar-refractivity contribution in [2.75, 3.05) is 19.7 Å². The van der Waals surface area contributed by atoms with E-state index in [-0.39, 0.29) is 19.1 Å².